The van der Waals surface area contributed by atoms with Gasteiger partial charge in [0, 0.05) is 18.8 Å². The predicted octanol–water partition coefficient (Wildman–Crippen LogP) is 2.81. The summed E-state index contributed by atoms with van der Waals surface area (Å²) in [7, 11) is 0. The first-order chi connectivity index (χ1) is 9.22. The molecule has 0 unspecified atom stereocenters. The lowest BCUT2D eigenvalue weighted by Crippen LogP contribution is -2.35. The molecule has 19 heavy (non-hydrogen) atoms. The van der Waals surface area contributed by atoms with Gasteiger partial charge >= 0.3 is 6.03 Å². The van der Waals surface area contributed by atoms with Crippen LogP contribution in [0.25, 0.3) is 0 Å². The highest BCUT2D eigenvalue weighted by Gasteiger charge is 2.15. The Hall–Kier alpha value is -1.56. The number of amides is 1. The second-order valence-corrected chi connectivity index (χ2v) is 5.00. The molecule has 1 heterocycles. The van der Waals surface area contributed by atoms with Gasteiger partial charge in [-0.3, -0.25) is 0 Å². The number of nitrogens with zero attached hydrogens (tertiary/aromatic N) is 4. The highest BCUT2D eigenvalue weighted by molar-refractivity contribution is 7.99. The molecule has 0 aliphatic heterocycles. The van der Waals surface area contributed by atoms with Crippen LogP contribution in [0.1, 0.15) is 19.8 Å². The van der Waals surface area contributed by atoms with Gasteiger partial charge in [0.2, 0.25) is 5.16 Å². The maximum absolute atomic E-state index is 12.1. The normalized spacial score (nSPS) is 10.2. The van der Waals surface area contributed by atoms with Crippen molar-refractivity contribution in [2.45, 2.75) is 24.9 Å². The molecule has 1 aromatic heterocycles. The number of unbranched alkanes of at least 4 members (excludes halogenated alkanes) is 1. The van der Waals surface area contributed by atoms with Crippen molar-refractivity contribution in [3.63, 3.8) is 0 Å². The molecule has 0 saturated carbocycles. The molecular weight excluding hydrogens is 260 g/mol. The van der Waals surface area contributed by atoms with E-state index in [-0.39, 0.29) is 6.03 Å². The minimum atomic E-state index is -0.213. The molecule has 0 radical (unpaired) electrons. The van der Waals surface area contributed by atoms with Crippen molar-refractivity contribution in [1.82, 2.24) is 19.7 Å². The van der Waals surface area contributed by atoms with Crippen molar-refractivity contribution < 1.29 is 4.79 Å². The van der Waals surface area contributed by atoms with Crippen LogP contribution in [-0.4, -0.2) is 44.5 Å². The van der Waals surface area contributed by atoms with Gasteiger partial charge in [-0.1, -0.05) is 37.3 Å². The van der Waals surface area contributed by atoms with Gasteiger partial charge in [0.15, 0.2) is 0 Å². The second kappa shape index (κ2) is 8.53. The molecule has 0 aliphatic carbocycles. The average molecular weight is 280 g/mol. The van der Waals surface area contributed by atoms with Crippen molar-refractivity contribution in [3.05, 3.63) is 31.6 Å². The minimum absolute atomic E-state index is 0.213. The highest BCUT2D eigenvalue weighted by Crippen LogP contribution is 2.13. The van der Waals surface area contributed by atoms with E-state index in [1.165, 1.54) is 11.0 Å². The number of carbonyl (C=O) groups excluding carboxylic acids is 1. The van der Waals surface area contributed by atoms with E-state index in [1.807, 2.05) is 0 Å². The lowest BCUT2D eigenvalue weighted by Gasteiger charge is -2.17. The highest BCUT2D eigenvalue weighted by atomic mass is 32.2. The summed E-state index contributed by atoms with van der Waals surface area (Å²) in [6, 6.07) is -0.213. The molecule has 104 valence electrons. The Labute approximate surface area is 118 Å². The third kappa shape index (κ3) is 4.90. The van der Waals surface area contributed by atoms with E-state index in [4.69, 9.17) is 0 Å². The number of thioether (sulfide) groups is 1. The Kier molecular flexibility index (Phi) is 6.95. The summed E-state index contributed by atoms with van der Waals surface area (Å²) in [6.07, 6.45) is 7.06. The van der Waals surface area contributed by atoms with Gasteiger partial charge in [-0.05, 0) is 6.42 Å². The zero-order chi connectivity index (χ0) is 14.1. The van der Waals surface area contributed by atoms with Crippen LogP contribution in [0, 0.1) is 0 Å². The molecule has 1 rings (SSSR count). The van der Waals surface area contributed by atoms with Crippen LogP contribution >= 0.6 is 11.8 Å². The Morgan fingerprint density at radius 2 is 2.16 bits per heavy atom. The molecule has 1 amide bonds. The summed E-state index contributed by atoms with van der Waals surface area (Å²) >= 11 is 1.57. The lowest BCUT2D eigenvalue weighted by atomic mass is 10.4. The second-order valence-electron chi connectivity index (χ2n) is 3.94. The van der Waals surface area contributed by atoms with E-state index >= 15 is 0 Å². The zero-order valence-corrected chi connectivity index (χ0v) is 12.1. The van der Waals surface area contributed by atoms with Gasteiger partial charge < -0.3 is 4.90 Å². The van der Waals surface area contributed by atoms with Crippen LogP contribution in [0.15, 0.2) is 36.8 Å². The fraction of sp³-hybridized carbons (Fsp3) is 0.462. The van der Waals surface area contributed by atoms with E-state index in [0.717, 1.165) is 18.6 Å². The van der Waals surface area contributed by atoms with E-state index < -0.39 is 0 Å². The topological polar surface area (TPSA) is 51.0 Å². The molecule has 0 aromatic carbocycles. The molecular formula is C13H20N4OS. The minimum Gasteiger partial charge on any atom is -0.315 e. The van der Waals surface area contributed by atoms with Crippen molar-refractivity contribution in [2.75, 3.05) is 18.8 Å². The largest absolute Gasteiger partial charge is 0.346 e. The van der Waals surface area contributed by atoms with Crippen LogP contribution in [-0.2, 0) is 0 Å². The van der Waals surface area contributed by atoms with Crippen molar-refractivity contribution in [1.29, 1.82) is 0 Å². The molecule has 0 spiro atoms. The molecule has 0 atom stereocenters. The Morgan fingerprint density at radius 3 is 2.74 bits per heavy atom. The first kappa shape index (κ1) is 15.5. The molecule has 0 aliphatic rings. The maximum atomic E-state index is 12.1. The maximum Gasteiger partial charge on any atom is 0.346 e. The van der Waals surface area contributed by atoms with Gasteiger partial charge in [0.1, 0.15) is 6.33 Å². The third-order valence-electron chi connectivity index (χ3n) is 2.37. The fourth-order valence-corrected chi connectivity index (χ4v) is 2.28. The van der Waals surface area contributed by atoms with E-state index in [1.54, 1.807) is 28.8 Å². The molecule has 0 saturated heterocycles. The summed E-state index contributed by atoms with van der Waals surface area (Å²) < 4.78 is 1.27. The monoisotopic (exact) mass is 280 g/mol. The number of carbonyl (C=O) groups is 1. The lowest BCUT2D eigenvalue weighted by molar-refractivity contribution is 0.206. The molecule has 6 heteroatoms. The fourth-order valence-electron chi connectivity index (χ4n) is 1.40. The van der Waals surface area contributed by atoms with Crippen LogP contribution in [0.2, 0.25) is 0 Å². The van der Waals surface area contributed by atoms with Gasteiger partial charge in [0.05, 0.1) is 0 Å². The Morgan fingerprint density at radius 1 is 1.47 bits per heavy atom. The SMILES string of the molecule is C=CCN(CC=C)C(=O)n1cnc(SCCCC)n1. The third-order valence-corrected chi connectivity index (χ3v) is 3.30. The van der Waals surface area contributed by atoms with Gasteiger partial charge in [-0.2, -0.15) is 4.68 Å². The Balaban J connectivity index is 2.64. The van der Waals surface area contributed by atoms with Gasteiger partial charge in [-0.25, -0.2) is 9.78 Å². The number of rotatable bonds is 8. The molecule has 0 N–H and O–H groups in total. The summed E-state index contributed by atoms with van der Waals surface area (Å²) in [4.78, 5) is 17.9. The van der Waals surface area contributed by atoms with Crippen molar-refractivity contribution >= 4 is 17.8 Å². The first-order valence-corrected chi connectivity index (χ1v) is 7.27. The number of hydrogen-bond donors (Lipinski definition) is 0. The van der Waals surface area contributed by atoms with E-state index in [2.05, 4.69) is 30.2 Å². The Bertz CT molecular complexity index is 420. The van der Waals surface area contributed by atoms with Gasteiger partial charge in [-0.15, -0.1) is 18.3 Å². The number of hydrogen-bond acceptors (Lipinski definition) is 4. The number of aromatic nitrogens is 3. The van der Waals surface area contributed by atoms with Crippen molar-refractivity contribution in [2.24, 2.45) is 0 Å². The quantitative estimate of drug-likeness (QED) is 0.417. The molecule has 1 aromatic rings. The first-order valence-electron chi connectivity index (χ1n) is 6.28. The van der Waals surface area contributed by atoms with Crippen molar-refractivity contribution in [3.8, 4) is 0 Å². The van der Waals surface area contributed by atoms with Gasteiger partial charge in [0.25, 0.3) is 0 Å². The summed E-state index contributed by atoms with van der Waals surface area (Å²) in [5.74, 6) is 0.970. The van der Waals surface area contributed by atoms with Crippen LogP contribution < -0.4 is 0 Å². The summed E-state index contributed by atoms with van der Waals surface area (Å²) in [5.41, 5.74) is 0. The zero-order valence-electron chi connectivity index (χ0n) is 11.3. The van der Waals surface area contributed by atoms with Crippen LogP contribution in [0.5, 0.6) is 0 Å². The predicted molar refractivity (Wildman–Crippen MR) is 78.4 cm³/mol. The average Bonchev–Trinajstić information content (AvgIpc) is 2.87. The summed E-state index contributed by atoms with van der Waals surface area (Å²) in [6.45, 7) is 10.3. The molecule has 0 fully saturated rings. The molecule has 5 nitrogen and oxygen atoms in total. The van der Waals surface area contributed by atoms with E-state index in [9.17, 15) is 4.79 Å². The van der Waals surface area contributed by atoms with Crippen LogP contribution in [0.4, 0.5) is 4.79 Å². The molecule has 0 bridgehead atoms. The summed E-state index contributed by atoms with van der Waals surface area (Å²) in [5, 5.41) is 4.81. The van der Waals surface area contributed by atoms with Crippen LogP contribution in [0.3, 0.4) is 0 Å². The smallest absolute Gasteiger partial charge is 0.315 e. The standard InChI is InChI=1S/C13H20N4OS/c1-4-7-10-19-12-14-11-17(15-12)13(18)16(8-5-2)9-6-3/h5-6,11H,2-4,7-10H2,1H3. The van der Waals surface area contributed by atoms with E-state index in [0.29, 0.717) is 18.2 Å².